The van der Waals surface area contributed by atoms with E-state index in [0.29, 0.717) is 17.9 Å². The lowest BCUT2D eigenvalue weighted by Crippen LogP contribution is -2.44. The molecule has 0 aromatic heterocycles. The van der Waals surface area contributed by atoms with Gasteiger partial charge in [0.05, 0.1) is 0 Å². The molecule has 2 unspecified atom stereocenters. The summed E-state index contributed by atoms with van der Waals surface area (Å²) < 4.78 is 1.10. The van der Waals surface area contributed by atoms with Crippen molar-refractivity contribution in [3.63, 3.8) is 0 Å². The van der Waals surface area contributed by atoms with Gasteiger partial charge in [0.15, 0.2) is 0 Å². The van der Waals surface area contributed by atoms with E-state index in [1.54, 1.807) is 0 Å². The van der Waals surface area contributed by atoms with Gasteiger partial charge in [-0.3, -0.25) is 4.79 Å². The Morgan fingerprint density at radius 2 is 2.05 bits per heavy atom. The molecule has 1 amide bonds. The maximum Gasteiger partial charge on any atom is 0.226 e. The maximum absolute atomic E-state index is 12.6. The monoisotopic (exact) mass is 372 g/mol. The van der Waals surface area contributed by atoms with Gasteiger partial charge in [0, 0.05) is 23.5 Å². The lowest BCUT2D eigenvalue weighted by Gasteiger charge is -2.32. The van der Waals surface area contributed by atoms with Crippen molar-refractivity contribution in [3.05, 3.63) is 34.3 Å². The number of piperidine rings is 1. The molecule has 1 aliphatic heterocycles. The highest BCUT2D eigenvalue weighted by atomic mass is 79.9. The van der Waals surface area contributed by atoms with Crippen molar-refractivity contribution in [2.45, 2.75) is 31.2 Å². The molecule has 1 aliphatic carbocycles. The Labute approximate surface area is 141 Å². The smallest absolute Gasteiger partial charge is 0.226 e. The normalized spacial score (nSPS) is 25.0. The number of amides is 1. The van der Waals surface area contributed by atoms with E-state index in [4.69, 9.17) is 0 Å². The minimum absolute atomic E-state index is 0. The molecule has 0 radical (unpaired) electrons. The SMILES string of the molecule is CN(C(=O)C1CC1c1cccc(Br)c1)C1CCNCC1.Cl. The van der Waals surface area contributed by atoms with Gasteiger partial charge in [-0.25, -0.2) is 0 Å². The number of hydrogen-bond acceptors (Lipinski definition) is 2. The molecule has 21 heavy (non-hydrogen) atoms. The highest BCUT2D eigenvalue weighted by Crippen LogP contribution is 2.49. The number of nitrogens with one attached hydrogen (secondary N) is 1. The standard InChI is InChI=1S/C16H21BrN2O.ClH/c1-19(13-5-7-18-8-6-13)16(20)15-10-14(15)11-3-2-4-12(17)9-11;/h2-4,9,13-15,18H,5-8,10H2,1H3;1H. The Bertz CT molecular complexity index is 505. The van der Waals surface area contributed by atoms with Crippen LogP contribution in [0.15, 0.2) is 28.7 Å². The highest BCUT2D eigenvalue weighted by Gasteiger charge is 2.46. The second kappa shape index (κ2) is 7.12. The lowest BCUT2D eigenvalue weighted by molar-refractivity contribution is -0.133. The number of benzene rings is 1. The molecule has 1 aromatic rings. The van der Waals surface area contributed by atoms with Gasteiger partial charge in [-0.1, -0.05) is 28.1 Å². The molecule has 2 atom stereocenters. The van der Waals surface area contributed by atoms with E-state index >= 15 is 0 Å². The lowest BCUT2D eigenvalue weighted by atomic mass is 10.0. The second-order valence-electron chi connectivity index (χ2n) is 5.93. The summed E-state index contributed by atoms with van der Waals surface area (Å²) in [7, 11) is 1.98. The van der Waals surface area contributed by atoms with E-state index in [2.05, 4.69) is 39.4 Å². The van der Waals surface area contributed by atoms with E-state index in [1.807, 2.05) is 18.0 Å². The van der Waals surface area contributed by atoms with Gasteiger partial charge in [0.1, 0.15) is 0 Å². The Balaban J connectivity index is 0.00000161. The summed E-state index contributed by atoms with van der Waals surface area (Å²) in [5.41, 5.74) is 1.29. The quantitative estimate of drug-likeness (QED) is 0.882. The van der Waals surface area contributed by atoms with Crippen LogP contribution in [0.3, 0.4) is 0 Å². The van der Waals surface area contributed by atoms with Gasteiger partial charge in [0.2, 0.25) is 5.91 Å². The zero-order valence-corrected chi connectivity index (χ0v) is 14.6. The molecule has 0 bridgehead atoms. The summed E-state index contributed by atoms with van der Waals surface area (Å²) >= 11 is 3.50. The van der Waals surface area contributed by atoms with Crippen LogP contribution in [0.1, 0.15) is 30.7 Å². The molecular formula is C16H22BrClN2O. The molecule has 0 spiro atoms. The van der Waals surface area contributed by atoms with Crippen molar-refractivity contribution in [3.8, 4) is 0 Å². The Morgan fingerprint density at radius 3 is 2.71 bits per heavy atom. The van der Waals surface area contributed by atoms with Crippen LogP contribution < -0.4 is 5.32 Å². The largest absolute Gasteiger partial charge is 0.342 e. The van der Waals surface area contributed by atoms with Crippen molar-refractivity contribution in [2.75, 3.05) is 20.1 Å². The number of rotatable bonds is 3. The first-order valence-electron chi connectivity index (χ1n) is 7.39. The number of carbonyl (C=O) groups excluding carboxylic acids is 1. The molecule has 1 saturated carbocycles. The van der Waals surface area contributed by atoms with Crippen LogP contribution in [0.4, 0.5) is 0 Å². The van der Waals surface area contributed by atoms with Crippen LogP contribution in [-0.2, 0) is 4.79 Å². The first-order chi connectivity index (χ1) is 9.66. The van der Waals surface area contributed by atoms with Crippen LogP contribution in [-0.4, -0.2) is 37.0 Å². The summed E-state index contributed by atoms with van der Waals surface area (Å²) in [6.07, 6.45) is 3.16. The molecule has 1 N–H and O–H groups in total. The third-order valence-electron chi connectivity index (χ3n) is 4.59. The predicted octanol–water partition coefficient (Wildman–Crippen LogP) is 3.18. The fourth-order valence-electron chi connectivity index (χ4n) is 3.21. The molecule has 1 saturated heterocycles. The van der Waals surface area contributed by atoms with Gasteiger partial charge in [-0.15, -0.1) is 12.4 Å². The number of nitrogens with zero attached hydrogens (tertiary/aromatic N) is 1. The van der Waals surface area contributed by atoms with Gasteiger partial charge < -0.3 is 10.2 Å². The first kappa shape index (κ1) is 16.8. The van der Waals surface area contributed by atoms with Gasteiger partial charge >= 0.3 is 0 Å². The van der Waals surface area contributed by atoms with Crippen LogP contribution in [0, 0.1) is 5.92 Å². The van der Waals surface area contributed by atoms with Crippen LogP contribution in [0.2, 0.25) is 0 Å². The van der Waals surface area contributed by atoms with Crippen molar-refractivity contribution >= 4 is 34.2 Å². The molecular weight excluding hydrogens is 352 g/mol. The third kappa shape index (κ3) is 3.79. The molecule has 2 fully saturated rings. The van der Waals surface area contributed by atoms with E-state index < -0.39 is 0 Å². The summed E-state index contributed by atoms with van der Waals surface area (Å²) in [5.74, 6) is 0.954. The van der Waals surface area contributed by atoms with Crippen molar-refractivity contribution in [2.24, 2.45) is 5.92 Å². The third-order valence-corrected chi connectivity index (χ3v) is 5.08. The predicted molar refractivity (Wildman–Crippen MR) is 90.9 cm³/mol. The Morgan fingerprint density at radius 1 is 1.33 bits per heavy atom. The van der Waals surface area contributed by atoms with Gasteiger partial charge in [-0.05, 0) is 56.0 Å². The summed E-state index contributed by atoms with van der Waals surface area (Å²) in [4.78, 5) is 14.6. The molecule has 3 rings (SSSR count). The summed E-state index contributed by atoms with van der Waals surface area (Å²) in [6.45, 7) is 2.06. The van der Waals surface area contributed by atoms with Crippen molar-refractivity contribution < 1.29 is 4.79 Å². The zero-order chi connectivity index (χ0) is 14.1. The van der Waals surface area contributed by atoms with Crippen LogP contribution in [0.5, 0.6) is 0 Å². The average Bonchev–Trinajstić information content (AvgIpc) is 3.27. The molecule has 1 aromatic carbocycles. The minimum atomic E-state index is 0. The number of hydrogen-bond donors (Lipinski definition) is 1. The van der Waals surface area contributed by atoms with E-state index in [9.17, 15) is 4.79 Å². The van der Waals surface area contributed by atoms with E-state index in [0.717, 1.165) is 36.8 Å². The average molecular weight is 374 g/mol. The summed E-state index contributed by atoms with van der Waals surface area (Å²) in [5, 5.41) is 3.35. The molecule has 5 heteroatoms. The Hall–Kier alpha value is -0.580. The Kier molecular flexibility index (Phi) is 5.69. The molecule has 2 aliphatic rings. The van der Waals surface area contributed by atoms with Crippen molar-refractivity contribution in [1.29, 1.82) is 0 Å². The minimum Gasteiger partial charge on any atom is -0.342 e. The van der Waals surface area contributed by atoms with Crippen LogP contribution in [0.25, 0.3) is 0 Å². The topological polar surface area (TPSA) is 32.3 Å². The van der Waals surface area contributed by atoms with Gasteiger partial charge in [-0.2, -0.15) is 0 Å². The summed E-state index contributed by atoms with van der Waals surface area (Å²) in [6, 6.07) is 8.78. The second-order valence-corrected chi connectivity index (χ2v) is 6.85. The van der Waals surface area contributed by atoms with E-state index in [1.165, 1.54) is 5.56 Å². The molecule has 1 heterocycles. The first-order valence-corrected chi connectivity index (χ1v) is 8.19. The molecule has 3 nitrogen and oxygen atoms in total. The molecule has 116 valence electrons. The zero-order valence-electron chi connectivity index (χ0n) is 12.2. The van der Waals surface area contributed by atoms with Gasteiger partial charge in [0.25, 0.3) is 0 Å². The maximum atomic E-state index is 12.6. The number of halogens is 2. The van der Waals surface area contributed by atoms with Crippen molar-refractivity contribution in [1.82, 2.24) is 10.2 Å². The fourth-order valence-corrected chi connectivity index (χ4v) is 3.63. The number of carbonyl (C=O) groups is 1. The highest BCUT2D eigenvalue weighted by molar-refractivity contribution is 9.10. The van der Waals surface area contributed by atoms with Crippen LogP contribution >= 0.6 is 28.3 Å². The fraction of sp³-hybridized carbons (Fsp3) is 0.562. The van der Waals surface area contributed by atoms with E-state index in [-0.39, 0.29) is 18.3 Å².